The normalized spacial score (nSPS) is 22.6. The summed E-state index contributed by atoms with van der Waals surface area (Å²) in [5.41, 5.74) is 0.625. The maximum Gasteiger partial charge on any atom is 0.306 e. The number of ether oxygens (including phenoxy) is 1. The van der Waals surface area contributed by atoms with Gasteiger partial charge < -0.3 is 9.84 Å². The first-order valence-electron chi connectivity index (χ1n) is 7.92. The van der Waals surface area contributed by atoms with E-state index in [4.69, 9.17) is 9.84 Å². The number of aliphatic carboxylic acids is 1. The number of carbonyl (C=O) groups excluding carboxylic acids is 1. The second-order valence-electron chi connectivity index (χ2n) is 6.15. The van der Waals surface area contributed by atoms with E-state index in [1.807, 2.05) is 0 Å². The number of methoxy groups -OCH3 is 1. The molecule has 2 aliphatic rings. The summed E-state index contributed by atoms with van der Waals surface area (Å²) in [4.78, 5) is 24.6. The van der Waals surface area contributed by atoms with Crippen molar-refractivity contribution in [2.45, 2.75) is 32.2 Å². The predicted octanol–water partition coefficient (Wildman–Crippen LogP) is 2.64. The highest BCUT2D eigenvalue weighted by Gasteiger charge is 2.32. The van der Waals surface area contributed by atoms with E-state index >= 15 is 0 Å². The van der Waals surface area contributed by atoms with Crippen molar-refractivity contribution in [2.75, 3.05) is 7.11 Å². The summed E-state index contributed by atoms with van der Waals surface area (Å²) in [6.45, 7) is 0.256. The Balaban J connectivity index is 1.70. The molecule has 0 atom stereocenters. The largest absolute Gasteiger partial charge is 0.494 e. The molecule has 1 amide bonds. The summed E-state index contributed by atoms with van der Waals surface area (Å²) in [6.07, 6.45) is 2.63. The molecule has 0 radical (unpaired) electrons. The lowest BCUT2D eigenvalue weighted by Gasteiger charge is -2.22. The van der Waals surface area contributed by atoms with Gasteiger partial charge >= 0.3 is 5.97 Å². The van der Waals surface area contributed by atoms with Gasteiger partial charge in [-0.05, 0) is 37.3 Å². The van der Waals surface area contributed by atoms with Crippen molar-refractivity contribution in [3.05, 3.63) is 29.1 Å². The number of halogens is 1. The minimum absolute atomic E-state index is 0.0261. The van der Waals surface area contributed by atoms with Crippen molar-refractivity contribution in [1.82, 2.24) is 4.90 Å². The first-order chi connectivity index (χ1) is 11.5. The maximum absolute atomic E-state index is 14.2. The summed E-state index contributed by atoms with van der Waals surface area (Å²) in [5.74, 6) is 1.03. The van der Waals surface area contributed by atoms with E-state index in [1.54, 1.807) is 6.07 Å². The molecule has 1 aromatic carbocycles. The van der Waals surface area contributed by atoms with Gasteiger partial charge in [0.25, 0.3) is 5.91 Å². The number of fused-ring (bicyclic) bond motifs is 1. The lowest BCUT2D eigenvalue weighted by atomic mass is 9.82. The van der Waals surface area contributed by atoms with Gasteiger partial charge in [0.2, 0.25) is 0 Å². The Morgan fingerprint density at radius 1 is 1.33 bits per heavy atom. The van der Waals surface area contributed by atoms with E-state index in [0.29, 0.717) is 31.2 Å². The second-order valence-corrected chi connectivity index (χ2v) is 6.15. The zero-order chi connectivity index (χ0) is 17.3. The third-order valence-electron chi connectivity index (χ3n) is 4.68. The van der Waals surface area contributed by atoms with Crippen molar-refractivity contribution in [1.29, 1.82) is 0 Å². The molecule has 0 aromatic heterocycles. The molecule has 1 aliphatic heterocycles. The molecule has 1 heterocycles. The molecule has 0 saturated heterocycles. The first kappa shape index (κ1) is 16.3. The van der Waals surface area contributed by atoms with E-state index in [0.717, 1.165) is 0 Å². The van der Waals surface area contributed by atoms with Gasteiger partial charge in [-0.25, -0.2) is 4.39 Å². The van der Waals surface area contributed by atoms with E-state index in [1.165, 1.54) is 18.1 Å². The van der Waals surface area contributed by atoms with Crippen LogP contribution in [0.3, 0.4) is 0 Å². The molecule has 0 bridgehead atoms. The summed E-state index contributed by atoms with van der Waals surface area (Å²) in [6, 6.07) is 6.02. The first-order valence-corrected chi connectivity index (χ1v) is 7.92. The Bertz CT molecular complexity index is 741. The van der Waals surface area contributed by atoms with Crippen LogP contribution in [-0.2, 0) is 11.3 Å². The van der Waals surface area contributed by atoms with Crippen molar-refractivity contribution in [3.8, 4) is 17.7 Å². The average Bonchev–Trinajstić information content (AvgIpc) is 2.90. The third kappa shape index (κ3) is 2.94. The molecule has 1 saturated carbocycles. The number of carboxylic acids is 1. The van der Waals surface area contributed by atoms with E-state index in [9.17, 15) is 14.0 Å². The van der Waals surface area contributed by atoms with E-state index in [-0.39, 0.29) is 29.7 Å². The van der Waals surface area contributed by atoms with Gasteiger partial charge in [0.15, 0.2) is 11.6 Å². The zero-order valence-corrected chi connectivity index (χ0v) is 13.3. The predicted molar refractivity (Wildman–Crippen MR) is 83.7 cm³/mol. The monoisotopic (exact) mass is 331 g/mol. The topological polar surface area (TPSA) is 66.8 Å². The van der Waals surface area contributed by atoms with Gasteiger partial charge in [0, 0.05) is 12.0 Å². The number of carboxylic acid groups (broad SMARTS) is 1. The highest BCUT2D eigenvalue weighted by Crippen LogP contribution is 2.31. The van der Waals surface area contributed by atoms with Crippen LogP contribution in [0.2, 0.25) is 0 Å². The minimum Gasteiger partial charge on any atom is -0.494 e. The van der Waals surface area contributed by atoms with E-state index < -0.39 is 17.7 Å². The highest BCUT2D eigenvalue weighted by atomic mass is 19.1. The molecule has 1 aromatic rings. The maximum atomic E-state index is 14.2. The Hall–Kier alpha value is -2.55. The quantitative estimate of drug-likeness (QED) is 0.846. The van der Waals surface area contributed by atoms with Crippen molar-refractivity contribution in [3.63, 3.8) is 0 Å². The SMILES string of the molecule is COc1ccc2c(c1F)C(=O)N(C#CC1CCC(C(=O)O)CC1)C2. The molecule has 126 valence electrons. The third-order valence-corrected chi connectivity index (χ3v) is 4.68. The minimum atomic E-state index is -0.754. The summed E-state index contributed by atoms with van der Waals surface area (Å²) in [5, 5.41) is 9.00. The number of amides is 1. The van der Waals surface area contributed by atoms with Crippen LogP contribution in [-0.4, -0.2) is 29.0 Å². The number of hydrogen-bond acceptors (Lipinski definition) is 3. The Morgan fingerprint density at radius 2 is 2.04 bits per heavy atom. The van der Waals surface area contributed by atoms with Gasteiger partial charge in [-0.1, -0.05) is 12.0 Å². The van der Waals surface area contributed by atoms with Crippen LogP contribution in [0.5, 0.6) is 5.75 Å². The second kappa shape index (κ2) is 6.52. The molecule has 6 heteroatoms. The molecule has 0 spiro atoms. The molecule has 24 heavy (non-hydrogen) atoms. The van der Waals surface area contributed by atoms with Crippen molar-refractivity contribution >= 4 is 11.9 Å². The molecule has 1 aliphatic carbocycles. The highest BCUT2D eigenvalue weighted by molar-refractivity contribution is 6.00. The van der Waals surface area contributed by atoms with Crippen LogP contribution in [0.25, 0.3) is 0 Å². The van der Waals surface area contributed by atoms with Crippen LogP contribution in [0.1, 0.15) is 41.6 Å². The van der Waals surface area contributed by atoms with Gasteiger partial charge in [0.1, 0.15) is 0 Å². The summed E-state index contributed by atoms with van der Waals surface area (Å²) in [7, 11) is 1.36. The molecule has 3 rings (SSSR count). The van der Waals surface area contributed by atoms with Gasteiger partial charge in [-0.2, -0.15) is 0 Å². The lowest BCUT2D eigenvalue weighted by Crippen LogP contribution is -2.22. The number of carbonyl (C=O) groups is 2. The smallest absolute Gasteiger partial charge is 0.306 e. The van der Waals surface area contributed by atoms with Gasteiger partial charge in [0.05, 0.1) is 25.1 Å². The number of benzene rings is 1. The fourth-order valence-electron chi connectivity index (χ4n) is 3.24. The standard InChI is InChI=1S/C18H18FNO4/c1-24-14-7-6-13-10-20(17(21)15(13)16(14)19)9-8-11-2-4-12(5-3-11)18(22)23/h6-7,11-12H,2-5,10H2,1H3,(H,22,23). The number of hydrogen-bond donors (Lipinski definition) is 1. The van der Waals surface area contributed by atoms with Gasteiger partial charge in [-0.15, -0.1) is 0 Å². The number of nitrogens with zero attached hydrogens (tertiary/aromatic N) is 1. The van der Waals surface area contributed by atoms with Crippen LogP contribution >= 0.6 is 0 Å². The molecular weight excluding hydrogens is 313 g/mol. The van der Waals surface area contributed by atoms with Crippen LogP contribution in [0, 0.1) is 29.6 Å². The Kier molecular flexibility index (Phi) is 4.43. The zero-order valence-electron chi connectivity index (χ0n) is 13.3. The Labute approximate surface area is 139 Å². The lowest BCUT2D eigenvalue weighted by molar-refractivity contribution is -0.142. The average molecular weight is 331 g/mol. The molecular formula is C18H18FNO4. The van der Waals surface area contributed by atoms with Crippen molar-refractivity contribution in [2.24, 2.45) is 11.8 Å². The molecule has 1 N–H and O–H groups in total. The Morgan fingerprint density at radius 3 is 2.67 bits per heavy atom. The number of rotatable bonds is 2. The van der Waals surface area contributed by atoms with Crippen LogP contribution in [0.4, 0.5) is 4.39 Å². The summed E-state index contributed by atoms with van der Waals surface area (Å²) < 4.78 is 19.1. The van der Waals surface area contributed by atoms with Crippen LogP contribution in [0.15, 0.2) is 12.1 Å². The molecule has 1 fully saturated rings. The fourth-order valence-corrected chi connectivity index (χ4v) is 3.24. The van der Waals surface area contributed by atoms with E-state index in [2.05, 4.69) is 12.0 Å². The van der Waals surface area contributed by atoms with Crippen LogP contribution < -0.4 is 4.74 Å². The molecule has 0 unspecified atom stereocenters. The molecule has 5 nitrogen and oxygen atoms in total. The van der Waals surface area contributed by atoms with Crippen molar-refractivity contribution < 1.29 is 23.8 Å². The fraction of sp³-hybridized carbons (Fsp3) is 0.444. The summed E-state index contributed by atoms with van der Waals surface area (Å²) >= 11 is 0. The van der Waals surface area contributed by atoms with Gasteiger partial charge in [-0.3, -0.25) is 14.5 Å².